The summed E-state index contributed by atoms with van der Waals surface area (Å²) in [7, 11) is -2.48. The Labute approximate surface area is 48.9 Å². The van der Waals surface area contributed by atoms with Crippen molar-refractivity contribution in [1.82, 2.24) is 0 Å². The summed E-state index contributed by atoms with van der Waals surface area (Å²) in [6, 6.07) is 0. The number of rotatable bonds is 2. The molecular weight excluding hydrogens is 126 g/mol. The molecule has 0 aromatic rings. The summed E-state index contributed by atoms with van der Waals surface area (Å²) < 4.78 is 23.4. The Morgan fingerprint density at radius 1 is 1.50 bits per heavy atom. The van der Waals surface area contributed by atoms with Gasteiger partial charge in [0.05, 0.1) is 12.6 Å². The molecule has 0 aliphatic carbocycles. The lowest BCUT2D eigenvalue weighted by Crippen LogP contribution is -2.35. The fourth-order valence-corrected chi connectivity index (χ4v) is 0.339. The normalized spacial score (nSPS) is 10.8. The lowest BCUT2D eigenvalue weighted by atomic mass is 11.4. The van der Waals surface area contributed by atoms with Gasteiger partial charge in [0.25, 0.3) is 0 Å². The molecular formula is C5H8F2Si. The van der Waals surface area contributed by atoms with E-state index in [1.807, 2.05) is 0 Å². The monoisotopic (exact) mass is 134 g/mol. The minimum atomic E-state index is -2.48. The highest BCUT2D eigenvalue weighted by Crippen LogP contribution is 2.00. The highest BCUT2D eigenvalue weighted by molar-refractivity contribution is 6.86. The average Bonchev–Trinajstić information content (AvgIpc) is 1.87. The van der Waals surface area contributed by atoms with E-state index in [0.717, 1.165) is 0 Å². The standard InChI is InChI=1S/C5H8F2Si/c1-3-8(2,4-6)5-7/h1H,4-5H2,2H3. The van der Waals surface area contributed by atoms with Crippen molar-refractivity contribution in [1.29, 1.82) is 0 Å². The van der Waals surface area contributed by atoms with Crippen molar-refractivity contribution in [3.8, 4) is 12.0 Å². The van der Waals surface area contributed by atoms with Crippen LogP contribution in [0.1, 0.15) is 0 Å². The van der Waals surface area contributed by atoms with Crippen molar-refractivity contribution in [3.05, 3.63) is 0 Å². The van der Waals surface area contributed by atoms with Crippen LogP contribution in [0, 0.1) is 12.0 Å². The first-order valence-electron chi connectivity index (χ1n) is 2.28. The molecule has 0 spiro atoms. The molecule has 0 aliphatic rings. The molecule has 0 saturated heterocycles. The summed E-state index contributed by atoms with van der Waals surface area (Å²) in [5, 5.41) is 0. The Kier molecular flexibility index (Phi) is 2.70. The molecule has 0 aromatic carbocycles. The van der Waals surface area contributed by atoms with Crippen LogP contribution in [0.5, 0.6) is 0 Å². The van der Waals surface area contributed by atoms with Crippen LogP contribution in [0.3, 0.4) is 0 Å². The van der Waals surface area contributed by atoms with Gasteiger partial charge < -0.3 is 0 Å². The summed E-state index contributed by atoms with van der Waals surface area (Å²) in [5.74, 6) is 0. The van der Waals surface area contributed by atoms with Crippen LogP contribution < -0.4 is 0 Å². The smallest absolute Gasteiger partial charge is 0.200 e. The molecule has 3 heteroatoms. The van der Waals surface area contributed by atoms with Crippen molar-refractivity contribution in [2.24, 2.45) is 0 Å². The molecule has 0 saturated carbocycles. The van der Waals surface area contributed by atoms with E-state index in [4.69, 9.17) is 6.42 Å². The molecule has 46 valence electrons. The second-order valence-corrected chi connectivity index (χ2v) is 5.92. The molecule has 0 unspecified atom stereocenters. The molecule has 0 fully saturated rings. The molecule has 8 heavy (non-hydrogen) atoms. The Balaban J connectivity index is 3.83. The fraction of sp³-hybridized carbons (Fsp3) is 0.600. The van der Waals surface area contributed by atoms with Gasteiger partial charge in [-0.15, -0.1) is 12.0 Å². The van der Waals surface area contributed by atoms with Gasteiger partial charge in [-0.3, -0.25) is 8.78 Å². The summed E-state index contributed by atoms with van der Waals surface area (Å²) in [6.45, 7) is 1.51. The number of halogens is 2. The van der Waals surface area contributed by atoms with E-state index in [1.165, 1.54) is 6.55 Å². The van der Waals surface area contributed by atoms with Crippen LogP contribution in [-0.4, -0.2) is 20.7 Å². The van der Waals surface area contributed by atoms with Gasteiger partial charge in [0, 0.05) is 0 Å². The molecule has 0 radical (unpaired) electrons. The summed E-state index contributed by atoms with van der Waals surface area (Å²) >= 11 is 0. The molecule has 0 rings (SSSR count). The van der Waals surface area contributed by atoms with Crippen molar-refractivity contribution in [2.75, 3.05) is 12.6 Å². The molecule has 0 bridgehead atoms. The van der Waals surface area contributed by atoms with Crippen molar-refractivity contribution in [2.45, 2.75) is 6.55 Å². The largest absolute Gasteiger partial charge is 0.254 e. The minimum absolute atomic E-state index is 0.653. The first-order valence-corrected chi connectivity index (χ1v) is 5.19. The van der Waals surface area contributed by atoms with Gasteiger partial charge in [-0.2, -0.15) is 0 Å². The zero-order valence-electron chi connectivity index (χ0n) is 4.75. The average molecular weight is 134 g/mol. The van der Waals surface area contributed by atoms with Crippen LogP contribution in [0.15, 0.2) is 0 Å². The van der Waals surface area contributed by atoms with Gasteiger partial charge in [-0.25, -0.2) is 0 Å². The van der Waals surface area contributed by atoms with Gasteiger partial charge in [0.2, 0.25) is 8.07 Å². The molecule has 0 heterocycles. The third kappa shape index (κ3) is 1.62. The molecule has 0 nitrogen and oxygen atoms in total. The lowest BCUT2D eigenvalue weighted by molar-refractivity contribution is 0.541. The van der Waals surface area contributed by atoms with E-state index in [9.17, 15) is 8.78 Å². The summed E-state index contributed by atoms with van der Waals surface area (Å²) in [5.41, 5.74) is 2.17. The number of hydrogen-bond acceptors (Lipinski definition) is 0. The van der Waals surface area contributed by atoms with Gasteiger partial charge in [-0.05, 0) is 0 Å². The second-order valence-electron chi connectivity index (χ2n) is 1.97. The van der Waals surface area contributed by atoms with Crippen LogP contribution in [0.25, 0.3) is 0 Å². The highest BCUT2D eigenvalue weighted by Gasteiger charge is 2.24. The topological polar surface area (TPSA) is 0 Å². The summed E-state index contributed by atoms with van der Waals surface area (Å²) in [6.07, 6.45) is 3.55. The number of terminal acetylenes is 1. The fourth-order valence-electron chi connectivity index (χ4n) is 0.113. The van der Waals surface area contributed by atoms with Gasteiger partial charge in [0.1, 0.15) is 0 Å². The number of hydrogen-bond donors (Lipinski definition) is 0. The number of alkyl halides is 2. The van der Waals surface area contributed by atoms with Crippen molar-refractivity contribution >= 4 is 8.07 Å². The maximum atomic E-state index is 11.7. The lowest BCUT2D eigenvalue weighted by Gasteiger charge is -2.08. The predicted molar refractivity (Wildman–Crippen MR) is 32.4 cm³/mol. The SMILES string of the molecule is C#C[Si](C)(CF)CF. The maximum Gasteiger partial charge on any atom is 0.200 e. The first kappa shape index (κ1) is 7.64. The highest BCUT2D eigenvalue weighted by atomic mass is 28.3. The Bertz CT molecular complexity index is 101. The van der Waals surface area contributed by atoms with E-state index < -0.39 is 20.7 Å². The zero-order valence-corrected chi connectivity index (χ0v) is 5.75. The second kappa shape index (κ2) is 2.83. The Morgan fingerprint density at radius 3 is 1.88 bits per heavy atom. The van der Waals surface area contributed by atoms with Crippen LogP contribution in [0.2, 0.25) is 6.55 Å². The van der Waals surface area contributed by atoms with E-state index in [1.54, 1.807) is 0 Å². The van der Waals surface area contributed by atoms with Crippen LogP contribution in [-0.2, 0) is 0 Å². The van der Waals surface area contributed by atoms with E-state index >= 15 is 0 Å². The molecule has 0 amide bonds. The quantitative estimate of drug-likeness (QED) is 0.394. The van der Waals surface area contributed by atoms with E-state index in [-0.39, 0.29) is 0 Å². The summed E-state index contributed by atoms with van der Waals surface area (Å²) in [4.78, 5) is 0. The third-order valence-electron chi connectivity index (χ3n) is 0.938. The zero-order chi connectivity index (χ0) is 6.62. The molecule has 0 aliphatic heterocycles. The minimum Gasteiger partial charge on any atom is -0.254 e. The van der Waals surface area contributed by atoms with Crippen molar-refractivity contribution < 1.29 is 8.78 Å². The molecule has 0 aromatic heterocycles. The van der Waals surface area contributed by atoms with E-state index in [2.05, 4.69) is 5.54 Å². The predicted octanol–water partition coefficient (Wildman–Crippen LogP) is 1.25. The first-order chi connectivity index (χ1) is 3.68. The van der Waals surface area contributed by atoms with Crippen LogP contribution >= 0.6 is 0 Å². The molecule has 0 N–H and O–H groups in total. The molecule has 0 atom stereocenters. The van der Waals surface area contributed by atoms with E-state index in [0.29, 0.717) is 0 Å². The Hall–Kier alpha value is -0.363. The van der Waals surface area contributed by atoms with Crippen molar-refractivity contribution in [3.63, 3.8) is 0 Å². The van der Waals surface area contributed by atoms with Gasteiger partial charge in [-0.1, -0.05) is 6.55 Å². The third-order valence-corrected chi connectivity index (χ3v) is 2.82. The maximum absolute atomic E-state index is 11.7. The van der Waals surface area contributed by atoms with Gasteiger partial charge >= 0.3 is 0 Å². The van der Waals surface area contributed by atoms with Gasteiger partial charge in [0.15, 0.2) is 0 Å². The Morgan fingerprint density at radius 2 is 1.88 bits per heavy atom. The van der Waals surface area contributed by atoms with Crippen LogP contribution in [0.4, 0.5) is 8.78 Å².